The van der Waals surface area contributed by atoms with Gasteiger partial charge in [-0.3, -0.25) is 9.59 Å². The lowest BCUT2D eigenvalue weighted by Crippen LogP contribution is -2.44. The number of carbonyl (C=O) groups is 2. The molecule has 25 heavy (non-hydrogen) atoms. The number of rotatable bonds is 4. The molecular formula is C16H16F3NO4S. The van der Waals surface area contributed by atoms with Crippen LogP contribution in [0.15, 0.2) is 23.1 Å². The predicted molar refractivity (Wildman–Crippen MR) is 84.2 cm³/mol. The SMILES string of the molecule is CC1(COC(=O)C[C@H]2Sc3ccc(C(F)(F)F)cc3NC2=O)COC1. The number of halogens is 3. The van der Waals surface area contributed by atoms with Crippen molar-refractivity contribution in [3.63, 3.8) is 0 Å². The maximum atomic E-state index is 12.7. The Morgan fingerprint density at radius 2 is 2.16 bits per heavy atom. The van der Waals surface area contributed by atoms with Crippen LogP contribution in [0, 0.1) is 5.41 Å². The molecule has 1 amide bonds. The van der Waals surface area contributed by atoms with Gasteiger partial charge in [0.25, 0.3) is 0 Å². The Hall–Kier alpha value is -1.74. The molecule has 5 nitrogen and oxygen atoms in total. The fourth-order valence-electron chi connectivity index (χ4n) is 2.46. The number of hydrogen-bond donors (Lipinski definition) is 1. The standard InChI is InChI=1S/C16H16F3NO4S/c1-15(6-23-7-15)8-24-13(21)5-12-14(22)20-10-4-9(16(17,18)19)2-3-11(10)25-12/h2-4,12H,5-8H2,1H3,(H,20,22)/t12-/m1/s1. The summed E-state index contributed by atoms with van der Waals surface area (Å²) in [7, 11) is 0. The molecule has 1 aromatic carbocycles. The third kappa shape index (κ3) is 4.09. The highest BCUT2D eigenvalue weighted by Crippen LogP contribution is 2.40. The van der Waals surface area contributed by atoms with Gasteiger partial charge in [0, 0.05) is 10.3 Å². The smallest absolute Gasteiger partial charge is 0.416 e. The Morgan fingerprint density at radius 1 is 1.44 bits per heavy atom. The Bertz CT molecular complexity index is 703. The van der Waals surface area contributed by atoms with Gasteiger partial charge in [-0.05, 0) is 18.2 Å². The van der Waals surface area contributed by atoms with Gasteiger partial charge in [0.1, 0.15) is 6.61 Å². The van der Waals surface area contributed by atoms with Gasteiger partial charge in [0.2, 0.25) is 5.91 Å². The molecule has 2 heterocycles. The molecule has 0 radical (unpaired) electrons. The third-order valence-electron chi connectivity index (χ3n) is 3.96. The maximum Gasteiger partial charge on any atom is 0.416 e. The van der Waals surface area contributed by atoms with Gasteiger partial charge in [-0.15, -0.1) is 11.8 Å². The van der Waals surface area contributed by atoms with Gasteiger partial charge in [0.15, 0.2) is 0 Å². The second-order valence-corrected chi connectivity index (χ2v) is 7.72. The van der Waals surface area contributed by atoms with Crippen LogP contribution in [-0.4, -0.2) is 36.9 Å². The van der Waals surface area contributed by atoms with Crippen LogP contribution in [0.2, 0.25) is 0 Å². The molecule has 2 aliphatic rings. The first kappa shape index (κ1) is 18.1. The Labute approximate surface area is 146 Å². The van der Waals surface area contributed by atoms with Crippen molar-refractivity contribution in [3.05, 3.63) is 23.8 Å². The summed E-state index contributed by atoms with van der Waals surface area (Å²) < 4.78 is 48.4. The van der Waals surface area contributed by atoms with E-state index >= 15 is 0 Å². The van der Waals surface area contributed by atoms with Gasteiger partial charge in [-0.1, -0.05) is 6.92 Å². The highest BCUT2D eigenvalue weighted by molar-refractivity contribution is 8.01. The first-order valence-corrected chi connectivity index (χ1v) is 8.46. The maximum absolute atomic E-state index is 12.7. The molecule has 0 bridgehead atoms. The van der Waals surface area contributed by atoms with Crippen molar-refractivity contribution < 1.29 is 32.2 Å². The normalized spacial score (nSPS) is 21.8. The van der Waals surface area contributed by atoms with E-state index in [0.29, 0.717) is 18.1 Å². The quantitative estimate of drug-likeness (QED) is 0.820. The summed E-state index contributed by atoms with van der Waals surface area (Å²) in [5, 5.41) is 1.70. The number of thioether (sulfide) groups is 1. The third-order valence-corrected chi connectivity index (χ3v) is 5.24. The summed E-state index contributed by atoms with van der Waals surface area (Å²) in [4.78, 5) is 24.5. The fraction of sp³-hybridized carbons (Fsp3) is 0.500. The number of ether oxygens (including phenoxy) is 2. The number of esters is 1. The van der Waals surface area contributed by atoms with Crippen molar-refractivity contribution in [2.24, 2.45) is 5.41 Å². The van der Waals surface area contributed by atoms with Gasteiger partial charge in [-0.25, -0.2) is 0 Å². The number of fused-ring (bicyclic) bond motifs is 1. The molecule has 0 spiro atoms. The number of anilines is 1. The van der Waals surface area contributed by atoms with Crippen molar-refractivity contribution >= 4 is 29.3 Å². The van der Waals surface area contributed by atoms with Crippen molar-refractivity contribution in [1.82, 2.24) is 0 Å². The van der Waals surface area contributed by atoms with Crippen LogP contribution < -0.4 is 5.32 Å². The minimum absolute atomic E-state index is 0.105. The highest BCUT2D eigenvalue weighted by atomic mass is 32.2. The summed E-state index contributed by atoms with van der Waals surface area (Å²) in [6.07, 6.45) is -4.62. The average Bonchev–Trinajstić information content (AvgIpc) is 2.50. The monoisotopic (exact) mass is 375 g/mol. The van der Waals surface area contributed by atoms with Crippen molar-refractivity contribution in [3.8, 4) is 0 Å². The molecule has 3 rings (SSSR count). The van der Waals surface area contributed by atoms with Gasteiger partial charge >= 0.3 is 12.1 Å². The minimum atomic E-state index is -4.48. The van der Waals surface area contributed by atoms with E-state index in [9.17, 15) is 22.8 Å². The van der Waals surface area contributed by atoms with Crippen LogP contribution in [0.1, 0.15) is 18.9 Å². The molecule has 0 aliphatic carbocycles. The molecule has 0 unspecified atom stereocenters. The van der Waals surface area contributed by atoms with E-state index in [1.807, 2.05) is 6.92 Å². The van der Waals surface area contributed by atoms with E-state index in [1.165, 1.54) is 6.07 Å². The zero-order chi connectivity index (χ0) is 18.2. The number of hydrogen-bond acceptors (Lipinski definition) is 5. The molecule has 1 fully saturated rings. The van der Waals surface area contributed by atoms with Gasteiger partial charge < -0.3 is 14.8 Å². The summed E-state index contributed by atoms with van der Waals surface area (Å²) in [6.45, 7) is 3.19. The molecule has 0 saturated carbocycles. The lowest BCUT2D eigenvalue weighted by Gasteiger charge is -2.37. The van der Waals surface area contributed by atoms with E-state index in [-0.39, 0.29) is 24.1 Å². The summed E-state index contributed by atoms with van der Waals surface area (Å²) in [6, 6.07) is 3.15. The molecular weight excluding hydrogens is 359 g/mol. The van der Waals surface area contributed by atoms with Crippen molar-refractivity contribution in [1.29, 1.82) is 0 Å². The molecule has 1 N–H and O–H groups in total. The number of alkyl halides is 3. The number of nitrogens with one attached hydrogen (secondary N) is 1. The summed E-state index contributed by atoms with van der Waals surface area (Å²) in [5.41, 5.74) is -0.910. The van der Waals surface area contributed by atoms with Crippen LogP contribution in [-0.2, 0) is 25.2 Å². The predicted octanol–water partition coefficient (Wildman–Crippen LogP) is 3.09. The highest BCUT2D eigenvalue weighted by Gasteiger charge is 2.37. The van der Waals surface area contributed by atoms with E-state index in [1.54, 1.807) is 0 Å². The van der Waals surface area contributed by atoms with Crippen LogP contribution in [0.3, 0.4) is 0 Å². The summed E-state index contributed by atoms with van der Waals surface area (Å²) >= 11 is 1.06. The van der Waals surface area contributed by atoms with Crippen LogP contribution in [0.25, 0.3) is 0 Å². The van der Waals surface area contributed by atoms with E-state index in [2.05, 4.69) is 5.32 Å². The first-order chi connectivity index (χ1) is 11.7. The molecule has 1 aromatic rings. The minimum Gasteiger partial charge on any atom is -0.465 e. The Kier molecular flexibility index (Phi) is 4.72. The number of amides is 1. The largest absolute Gasteiger partial charge is 0.465 e. The van der Waals surface area contributed by atoms with Gasteiger partial charge in [-0.2, -0.15) is 13.2 Å². The Morgan fingerprint density at radius 3 is 2.76 bits per heavy atom. The lowest BCUT2D eigenvalue weighted by molar-refractivity contribution is -0.165. The average molecular weight is 375 g/mol. The lowest BCUT2D eigenvalue weighted by atomic mass is 9.90. The van der Waals surface area contributed by atoms with Crippen LogP contribution in [0.4, 0.5) is 18.9 Å². The number of carbonyl (C=O) groups excluding carboxylic acids is 2. The molecule has 2 aliphatic heterocycles. The molecule has 1 saturated heterocycles. The van der Waals surface area contributed by atoms with E-state index < -0.39 is 28.9 Å². The topological polar surface area (TPSA) is 64.6 Å². The molecule has 0 aromatic heterocycles. The van der Waals surface area contributed by atoms with E-state index in [4.69, 9.17) is 9.47 Å². The second-order valence-electron chi connectivity index (χ2n) is 6.47. The van der Waals surface area contributed by atoms with E-state index in [0.717, 1.165) is 23.9 Å². The summed E-state index contributed by atoms with van der Waals surface area (Å²) in [5.74, 6) is -1.02. The second kappa shape index (κ2) is 6.53. The molecule has 1 atom stereocenters. The zero-order valence-corrected chi connectivity index (χ0v) is 14.1. The Balaban J connectivity index is 1.61. The van der Waals surface area contributed by atoms with Crippen LogP contribution >= 0.6 is 11.8 Å². The zero-order valence-electron chi connectivity index (χ0n) is 13.3. The van der Waals surface area contributed by atoms with Gasteiger partial charge in [0.05, 0.1) is 36.1 Å². The molecule has 136 valence electrons. The number of benzene rings is 1. The van der Waals surface area contributed by atoms with Crippen molar-refractivity contribution in [2.45, 2.75) is 29.7 Å². The molecule has 9 heteroatoms. The fourth-order valence-corrected chi connectivity index (χ4v) is 3.54. The van der Waals surface area contributed by atoms with Crippen LogP contribution in [0.5, 0.6) is 0 Å². The van der Waals surface area contributed by atoms with Crippen molar-refractivity contribution in [2.75, 3.05) is 25.1 Å². The first-order valence-electron chi connectivity index (χ1n) is 7.58.